The normalized spacial score (nSPS) is 15.0. The number of aromatic nitrogens is 1. The van der Waals surface area contributed by atoms with Crippen LogP contribution in [-0.2, 0) is 17.8 Å². The topological polar surface area (TPSA) is 48.1 Å². The van der Waals surface area contributed by atoms with Gasteiger partial charge in [0, 0.05) is 41.8 Å². The molecule has 1 aliphatic carbocycles. The third-order valence-corrected chi connectivity index (χ3v) is 6.43. The van der Waals surface area contributed by atoms with Gasteiger partial charge in [0.25, 0.3) is 0 Å². The molecule has 2 aromatic carbocycles. The number of para-hydroxylation sites is 2. The second-order valence-electron chi connectivity index (χ2n) is 8.63. The lowest BCUT2D eigenvalue weighted by Crippen LogP contribution is -2.33. The maximum atomic E-state index is 12.6. The Hall–Kier alpha value is -2.59. The smallest absolute Gasteiger partial charge is 0.224 e. The van der Waals surface area contributed by atoms with E-state index >= 15 is 0 Å². The van der Waals surface area contributed by atoms with Gasteiger partial charge in [0.05, 0.1) is 0 Å². The number of aromatic amines is 1. The van der Waals surface area contributed by atoms with Gasteiger partial charge in [-0.05, 0) is 56.0 Å². The van der Waals surface area contributed by atoms with Crippen LogP contribution in [0.3, 0.4) is 0 Å². The highest BCUT2D eigenvalue weighted by atomic mass is 16.1. The van der Waals surface area contributed by atoms with Crippen LogP contribution in [0.1, 0.15) is 56.1 Å². The lowest BCUT2D eigenvalue weighted by atomic mass is 9.94. The fourth-order valence-corrected chi connectivity index (χ4v) is 4.69. The first-order chi connectivity index (χ1) is 14.7. The Morgan fingerprint density at radius 3 is 2.67 bits per heavy atom. The molecule has 4 rings (SSSR count). The van der Waals surface area contributed by atoms with E-state index in [2.05, 4.69) is 58.8 Å². The molecule has 4 heteroatoms. The second kappa shape index (κ2) is 9.94. The molecular formula is C26H33N3O. The average Bonchev–Trinajstić information content (AvgIpc) is 3.19. The van der Waals surface area contributed by atoms with Gasteiger partial charge in [0.15, 0.2) is 0 Å². The number of nitrogens with one attached hydrogen (secondary N) is 2. The van der Waals surface area contributed by atoms with Gasteiger partial charge in [-0.25, -0.2) is 0 Å². The van der Waals surface area contributed by atoms with Crippen molar-refractivity contribution in [1.29, 1.82) is 0 Å². The molecule has 0 spiro atoms. The van der Waals surface area contributed by atoms with Gasteiger partial charge in [0.1, 0.15) is 0 Å². The first kappa shape index (κ1) is 20.7. The first-order valence-electron chi connectivity index (χ1n) is 11.3. The number of anilines is 1. The van der Waals surface area contributed by atoms with Crippen molar-refractivity contribution in [3.05, 3.63) is 65.9 Å². The summed E-state index contributed by atoms with van der Waals surface area (Å²) in [5, 5.41) is 4.42. The van der Waals surface area contributed by atoms with E-state index in [0.717, 1.165) is 30.6 Å². The van der Waals surface area contributed by atoms with Crippen molar-refractivity contribution in [2.45, 2.75) is 64.0 Å². The largest absolute Gasteiger partial charge is 0.361 e. The fraction of sp³-hybridized carbons (Fsp3) is 0.423. The molecule has 0 radical (unpaired) electrons. The van der Waals surface area contributed by atoms with Crippen LogP contribution in [0.25, 0.3) is 10.9 Å². The molecule has 3 aromatic rings. The zero-order chi connectivity index (χ0) is 20.8. The lowest BCUT2D eigenvalue weighted by molar-refractivity contribution is -0.116. The fourth-order valence-electron chi connectivity index (χ4n) is 4.69. The zero-order valence-corrected chi connectivity index (χ0v) is 18.0. The van der Waals surface area contributed by atoms with Crippen molar-refractivity contribution in [2.24, 2.45) is 0 Å². The Bertz CT molecular complexity index is 971. The lowest BCUT2D eigenvalue weighted by Gasteiger charge is -2.31. The van der Waals surface area contributed by atoms with Crippen LogP contribution < -0.4 is 5.32 Å². The SMILES string of the molecule is CN(Cc1ccccc1NC(=O)CCCc1c[nH]c2ccccc12)C1CCCCC1. The number of hydrogen-bond donors (Lipinski definition) is 2. The molecule has 30 heavy (non-hydrogen) atoms. The monoisotopic (exact) mass is 403 g/mol. The van der Waals surface area contributed by atoms with Crippen LogP contribution in [0, 0.1) is 0 Å². The Kier molecular flexibility index (Phi) is 6.85. The Morgan fingerprint density at radius 1 is 1.03 bits per heavy atom. The molecule has 1 saturated carbocycles. The second-order valence-corrected chi connectivity index (χ2v) is 8.63. The molecular weight excluding hydrogens is 370 g/mol. The van der Waals surface area contributed by atoms with Gasteiger partial charge in [-0.3, -0.25) is 9.69 Å². The molecule has 4 nitrogen and oxygen atoms in total. The van der Waals surface area contributed by atoms with Crippen molar-refractivity contribution in [2.75, 3.05) is 12.4 Å². The number of aryl methyl sites for hydroxylation is 1. The minimum atomic E-state index is 0.0996. The van der Waals surface area contributed by atoms with Crippen LogP contribution in [0.15, 0.2) is 54.7 Å². The van der Waals surface area contributed by atoms with E-state index < -0.39 is 0 Å². The summed E-state index contributed by atoms with van der Waals surface area (Å²) >= 11 is 0. The highest BCUT2D eigenvalue weighted by molar-refractivity contribution is 5.91. The summed E-state index contributed by atoms with van der Waals surface area (Å²) in [6.07, 6.45) is 11.0. The summed E-state index contributed by atoms with van der Waals surface area (Å²) in [6.45, 7) is 0.885. The van der Waals surface area contributed by atoms with E-state index in [0.29, 0.717) is 12.5 Å². The summed E-state index contributed by atoms with van der Waals surface area (Å²) in [5.41, 5.74) is 4.61. The van der Waals surface area contributed by atoms with E-state index in [9.17, 15) is 4.79 Å². The molecule has 1 fully saturated rings. The standard InChI is InChI=1S/C26H33N3O/c1-29(22-12-3-2-4-13-22)19-21-10-5-7-15-24(21)28-26(30)17-9-11-20-18-27-25-16-8-6-14-23(20)25/h5-8,10,14-16,18,22,27H,2-4,9,11-13,17,19H2,1H3,(H,28,30). The van der Waals surface area contributed by atoms with Crippen LogP contribution in [0.2, 0.25) is 0 Å². The van der Waals surface area contributed by atoms with Crippen molar-refractivity contribution in [1.82, 2.24) is 9.88 Å². The number of hydrogen-bond acceptors (Lipinski definition) is 2. The molecule has 0 unspecified atom stereocenters. The molecule has 1 amide bonds. The van der Waals surface area contributed by atoms with Gasteiger partial charge in [-0.1, -0.05) is 55.7 Å². The number of benzene rings is 2. The molecule has 2 N–H and O–H groups in total. The minimum Gasteiger partial charge on any atom is -0.361 e. The number of nitrogens with zero attached hydrogens (tertiary/aromatic N) is 1. The molecule has 0 bridgehead atoms. The predicted octanol–water partition coefficient (Wildman–Crippen LogP) is 5.89. The molecule has 1 heterocycles. The maximum Gasteiger partial charge on any atom is 0.224 e. The highest BCUT2D eigenvalue weighted by Gasteiger charge is 2.19. The first-order valence-corrected chi connectivity index (χ1v) is 11.3. The molecule has 1 aromatic heterocycles. The van der Waals surface area contributed by atoms with Crippen molar-refractivity contribution in [3.63, 3.8) is 0 Å². The van der Waals surface area contributed by atoms with Crippen LogP contribution >= 0.6 is 0 Å². The molecule has 0 atom stereocenters. The summed E-state index contributed by atoms with van der Waals surface area (Å²) in [6, 6.07) is 17.2. The summed E-state index contributed by atoms with van der Waals surface area (Å²) in [4.78, 5) is 18.4. The van der Waals surface area contributed by atoms with E-state index in [1.165, 1.54) is 48.6 Å². The Balaban J connectivity index is 1.31. The zero-order valence-electron chi connectivity index (χ0n) is 18.0. The molecule has 0 saturated heterocycles. The van der Waals surface area contributed by atoms with Crippen molar-refractivity contribution >= 4 is 22.5 Å². The predicted molar refractivity (Wildman–Crippen MR) is 125 cm³/mol. The third-order valence-electron chi connectivity index (χ3n) is 6.43. The highest BCUT2D eigenvalue weighted by Crippen LogP contribution is 2.25. The summed E-state index contributed by atoms with van der Waals surface area (Å²) in [7, 11) is 2.22. The van der Waals surface area contributed by atoms with Crippen molar-refractivity contribution < 1.29 is 4.79 Å². The average molecular weight is 404 g/mol. The summed E-state index contributed by atoms with van der Waals surface area (Å²) < 4.78 is 0. The van der Waals surface area contributed by atoms with Crippen LogP contribution in [-0.4, -0.2) is 28.9 Å². The number of amides is 1. The number of carbonyl (C=O) groups is 1. The van der Waals surface area contributed by atoms with Crippen molar-refractivity contribution in [3.8, 4) is 0 Å². The number of H-pyrrole nitrogens is 1. The quantitative estimate of drug-likeness (QED) is 0.492. The Morgan fingerprint density at radius 2 is 1.80 bits per heavy atom. The van der Waals surface area contributed by atoms with E-state index in [1.54, 1.807) is 0 Å². The van der Waals surface area contributed by atoms with E-state index in [-0.39, 0.29) is 5.91 Å². The van der Waals surface area contributed by atoms with E-state index in [1.807, 2.05) is 18.2 Å². The van der Waals surface area contributed by atoms with Gasteiger partial charge < -0.3 is 10.3 Å². The number of carbonyl (C=O) groups excluding carboxylic acids is 1. The maximum absolute atomic E-state index is 12.6. The van der Waals surface area contributed by atoms with Gasteiger partial charge in [0.2, 0.25) is 5.91 Å². The number of rotatable bonds is 8. The third kappa shape index (κ3) is 5.11. The van der Waals surface area contributed by atoms with Gasteiger partial charge >= 0.3 is 0 Å². The van der Waals surface area contributed by atoms with E-state index in [4.69, 9.17) is 0 Å². The minimum absolute atomic E-state index is 0.0996. The van der Waals surface area contributed by atoms with Crippen LogP contribution in [0.5, 0.6) is 0 Å². The van der Waals surface area contributed by atoms with Gasteiger partial charge in [-0.15, -0.1) is 0 Å². The van der Waals surface area contributed by atoms with Crippen LogP contribution in [0.4, 0.5) is 5.69 Å². The molecule has 0 aliphatic heterocycles. The Labute approximate surface area is 179 Å². The molecule has 1 aliphatic rings. The molecule has 158 valence electrons. The summed E-state index contributed by atoms with van der Waals surface area (Å²) in [5.74, 6) is 0.0996. The number of fused-ring (bicyclic) bond motifs is 1. The van der Waals surface area contributed by atoms with Gasteiger partial charge in [-0.2, -0.15) is 0 Å².